The smallest absolute Gasteiger partial charge is 0.0313 e. The van der Waals surface area contributed by atoms with Crippen molar-refractivity contribution in [2.45, 2.75) is 51.2 Å². The van der Waals surface area contributed by atoms with Crippen LogP contribution in [0.5, 0.6) is 0 Å². The van der Waals surface area contributed by atoms with E-state index in [0.717, 1.165) is 18.6 Å². The van der Waals surface area contributed by atoms with Gasteiger partial charge in [0, 0.05) is 37.6 Å². The van der Waals surface area contributed by atoms with Gasteiger partial charge in [-0.25, -0.2) is 0 Å². The van der Waals surface area contributed by atoms with Crippen LogP contribution in [0.1, 0.15) is 36.8 Å². The highest BCUT2D eigenvalue weighted by Gasteiger charge is 2.27. The number of rotatable bonds is 5. The van der Waals surface area contributed by atoms with E-state index in [1.807, 2.05) is 12.4 Å². The molecule has 2 fully saturated rings. The zero-order chi connectivity index (χ0) is 12.4. The highest BCUT2D eigenvalue weighted by atomic mass is 15.2. The summed E-state index contributed by atoms with van der Waals surface area (Å²) in [7, 11) is 0. The molecule has 18 heavy (non-hydrogen) atoms. The van der Waals surface area contributed by atoms with Gasteiger partial charge in [-0.15, -0.1) is 0 Å². The van der Waals surface area contributed by atoms with Crippen LogP contribution in [0.25, 0.3) is 0 Å². The third kappa shape index (κ3) is 3.09. The lowest BCUT2D eigenvalue weighted by Gasteiger charge is -2.24. The van der Waals surface area contributed by atoms with Crippen molar-refractivity contribution in [3.05, 3.63) is 29.6 Å². The molecular weight excluding hydrogens is 222 g/mol. The van der Waals surface area contributed by atoms with Gasteiger partial charge in [0.2, 0.25) is 0 Å². The first-order valence-electron chi connectivity index (χ1n) is 7.19. The summed E-state index contributed by atoms with van der Waals surface area (Å²) in [6, 6.07) is 3.82. The van der Waals surface area contributed by atoms with Gasteiger partial charge in [-0.3, -0.25) is 9.88 Å². The number of pyridine rings is 1. The monoisotopic (exact) mass is 245 g/mol. The fraction of sp³-hybridized carbons (Fsp3) is 0.667. The van der Waals surface area contributed by atoms with E-state index in [0.29, 0.717) is 0 Å². The van der Waals surface area contributed by atoms with Crippen molar-refractivity contribution in [2.75, 3.05) is 13.1 Å². The number of hydrogen-bond acceptors (Lipinski definition) is 3. The van der Waals surface area contributed by atoms with E-state index < -0.39 is 0 Å². The maximum Gasteiger partial charge on any atom is 0.0313 e. The van der Waals surface area contributed by atoms with Crippen molar-refractivity contribution in [3.63, 3.8) is 0 Å². The van der Waals surface area contributed by atoms with Crippen LogP contribution in [0.2, 0.25) is 0 Å². The van der Waals surface area contributed by atoms with E-state index >= 15 is 0 Å². The van der Waals surface area contributed by atoms with Gasteiger partial charge in [-0.2, -0.15) is 0 Å². The summed E-state index contributed by atoms with van der Waals surface area (Å²) >= 11 is 0. The average Bonchev–Trinajstić information content (AvgIpc) is 3.08. The molecule has 3 rings (SSSR count). The Balaban J connectivity index is 1.56. The zero-order valence-corrected chi connectivity index (χ0v) is 11.2. The zero-order valence-electron chi connectivity index (χ0n) is 11.2. The van der Waals surface area contributed by atoms with Crippen LogP contribution < -0.4 is 5.32 Å². The summed E-state index contributed by atoms with van der Waals surface area (Å²) in [5.74, 6) is 0. The molecule has 0 spiro atoms. The van der Waals surface area contributed by atoms with E-state index in [-0.39, 0.29) is 0 Å². The average molecular weight is 245 g/mol. The molecule has 98 valence electrons. The normalized spacial score (nSPS) is 24.6. The Morgan fingerprint density at radius 1 is 1.33 bits per heavy atom. The molecule has 1 aliphatic carbocycles. The van der Waals surface area contributed by atoms with Crippen LogP contribution in [-0.4, -0.2) is 35.1 Å². The molecular formula is C15H23N3. The summed E-state index contributed by atoms with van der Waals surface area (Å²) < 4.78 is 0. The quantitative estimate of drug-likeness (QED) is 0.861. The van der Waals surface area contributed by atoms with Gasteiger partial charge >= 0.3 is 0 Å². The maximum absolute atomic E-state index is 4.29. The highest BCUT2D eigenvalue weighted by molar-refractivity contribution is 5.16. The summed E-state index contributed by atoms with van der Waals surface area (Å²) in [5.41, 5.74) is 2.62. The number of nitrogens with one attached hydrogen (secondary N) is 1. The van der Waals surface area contributed by atoms with Crippen molar-refractivity contribution in [2.24, 2.45) is 0 Å². The maximum atomic E-state index is 4.29. The Labute approximate surface area is 110 Å². The minimum atomic E-state index is 0.728. The minimum absolute atomic E-state index is 0.728. The number of hydrogen-bond donors (Lipinski definition) is 1. The molecule has 3 heteroatoms. The number of aryl methyl sites for hydroxylation is 1. The SMILES string of the molecule is Cc1cncc(CN2CCCC2CNC2CC2)c1. The molecule has 2 aliphatic rings. The molecule has 0 amide bonds. The van der Waals surface area contributed by atoms with E-state index in [1.54, 1.807) is 0 Å². The van der Waals surface area contributed by atoms with Crippen LogP contribution in [0.3, 0.4) is 0 Å². The Hall–Kier alpha value is -0.930. The molecule has 1 saturated heterocycles. The lowest BCUT2D eigenvalue weighted by Crippen LogP contribution is -2.38. The van der Waals surface area contributed by atoms with E-state index in [2.05, 4.69) is 28.2 Å². The molecule has 1 atom stereocenters. The summed E-state index contributed by atoms with van der Waals surface area (Å²) in [4.78, 5) is 6.91. The minimum Gasteiger partial charge on any atom is -0.312 e. The molecule has 0 aromatic carbocycles. The molecule has 1 saturated carbocycles. The van der Waals surface area contributed by atoms with E-state index in [1.165, 1.54) is 49.9 Å². The van der Waals surface area contributed by atoms with E-state index in [9.17, 15) is 0 Å². The highest BCUT2D eigenvalue weighted by Crippen LogP contribution is 2.22. The standard InChI is InChI=1S/C15H23N3/c1-12-7-13(9-16-8-12)11-18-6-2-3-15(18)10-17-14-4-5-14/h7-9,14-15,17H,2-6,10-11H2,1H3. The second-order valence-electron chi connectivity index (χ2n) is 5.82. The Bertz CT molecular complexity index is 400. The Morgan fingerprint density at radius 2 is 2.22 bits per heavy atom. The lowest BCUT2D eigenvalue weighted by molar-refractivity contribution is 0.238. The van der Waals surface area contributed by atoms with Gasteiger partial charge in [0.15, 0.2) is 0 Å². The van der Waals surface area contributed by atoms with Gasteiger partial charge < -0.3 is 5.32 Å². The molecule has 1 aliphatic heterocycles. The second-order valence-corrected chi connectivity index (χ2v) is 5.82. The fourth-order valence-electron chi connectivity index (χ4n) is 2.86. The number of nitrogens with zero attached hydrogens (tertiary/aromatic N) is 2. The molecule has 1 aromatic heterocycles. The first-order valence-corrected chi connectivity index (χ1v) is 7.19. The predicted molar refractivity (Wildman–Crippen MR) is 73.4 cm³/mol. The molecule has 0 radical (unpaired) electrons. The molecule has 0 bridgehead atoms. The predicted octanol–water partition coefficient (Wildman–Crippen LogP) is 2.11. The second kappa shape index (κ2) is 5.37. The first-order chi connectivity index (χ1) is 8.81. The van der Waals surface area contributed by atoms with Crippen molar-refractivity contribution in [1.82, 2.24) is 15.2 Å². The molecule has 1 unspecified atom stereocenters. The first kappa shape index (κ1) is 12.1. The van der Waals surface area contributed by atoms with Crippen molar-refractivity contribution < 1.29 is 0 Å². The Kier molecular flexibility index (Phi) is 3.62. The van der Waals surface area contributed by atoms with Gasteiger partial charge in [0.1, 0.15) is 0 Å². The number of likely N-dealkylation sites (tertiary alicyclic amines) is 1. The Morgan fingerprint density at radius 3 is 3.00 bits per heavy atom. The summed E-state index contributed by atoms with van der Waals surface area (Å²) in [6.45, 7) is 5.59. The van der Waals surface area contributed by atoms with Crippen LogP contribution in [-0.2, 0) is 6.54 Å². The van der Waals surface area contributed by atoms with Gasteiger partial charge in [-0.05, 0) is 50.3 Å². The third-order valence-corrected chi connectivity index (χ3v) is 4.04. The third-order valence-electron chi connectivity index (χ3n) is 4.04. The van der Waals surface area contributed by atoms with Crippen LogP contribution in [0.4, 0.5) is 0 Å². The molecule has 2 heterocycles. The number of aromatic nitrogens is 1. The van der Waals surface area contributed by atoms with E-state index in [4.69, 9.17) is 0 Å². The van der Waals surface area contributed by atoms with Gasteiger partial charge in [0.25, 0.3) is 0 Å². The van der Waals surface area contributed by atoms with Crippen molar-refractivity contribution in [3.8, 4) is 0 Å². The van der Waals surface area contributed by atoms with Gasteiger partial charge in [0.05, 0.1) is 0 Å². The lowest BCUT2D eigenvalue weighted by atomic mass is 10.2. The largest absolute Gasteiger partial charge is 0.312 e. The molecule has 3 nitrogen and oxygen atoms in total. The summed E-state index contributed by atoms with van der Waals surface area (Å²) in [6.07, 6.45) is 9.40. The van der Waals surface area contributed by atoms with Crippen LogP contribution in [0, 0.1) is 6.92 Å². The van der Waals surface area contributed by atoms with Gasteiger partial charge in [-0.1, -0.05) is 6.07 Å². The van der Waals surface area contributed by atoms with Crippen molar-refractivity contribution >= 4 is 0 Å². The van der Waals surface area contributed by atoms with Crippen LogP contribution in [0.15, 0.2) is 18.5 Å². The summed E-state index contributed by atoms with van der Waals surface area (Å²) in [5, 5.41) is 3.67. The molecule has 1 aromatic rings. The fourth-order valence-corrected chi connectivity index (χ4v) is 2.86. The topological polar surface area (TPSA) is 28.2 Å². The van der Waals surface area contributed by atoms with Crippen LogP contribution >= 0.6 is 0 Å². The van der Waals surface area contributed by atoms with Crippen molar-refractivity contribution in [1.29, 1.82) is 0 Å². The molecule has 1 N–H and O–H groups in total.